The molecular weight excluding hydrogens is 457 g/mol. The zero-order chi connectivity index (χ0) is 24.0. The molecule has 0 fully saturated rings. The smallest absolute Gasteiger partial charge is 0.240 e. The van der Waals surface area contributed by atoms with Crippen LogP contribution in [0.1, 0.15) is 36.0 Å². The number of nitrogens with zero attached hydrogens (tertiary/aromatic N) is 1. The Morgan fingerprint density at radius 3 is 2.62 bits per heavy atom. The molecule has 3 aromatic rings. The van der Waals surface area contributed by atoms with E-state index >= 15 is 0 Å². The van der Waals surface area contributed by atoms with Crippen LogP contribution < -0.4 is 14.8 Å². The predicted molar refractivity (Wildman–Crippen MR) is 125 cm³/mol. The molecule has 2 N–H and O–H groups in total. The Bertz CT molecular complexity index is 1260. The summed E-state index contributed by atoms with van der Waals surface area (Å²) in [5.41, 5.74) is 3.05. The van der Waals surface area contributed by atoms with Gasteiger partial charge in [0, 0.05) is 37.8 Å². The number of hydrogen-bond acceptors (Lipinski definition) is 5. The Morgan fingerprint density at radius 2 is 1.85 bits per heavy atom. The summed E-state index contributed by atoms with van der Waals surface area (Å²) >= 11 is 0. The minimum Gasteiger partial charge on any atom is -0.439 e. The van der Waals surface area contributed by atoms with Crippen molar-refractivity contribution in [3.63, 3.8) is 0 Å². The van der Waals surface area contributed by atoms with Gasteiger partial charge in [0.1, 0.15) is 11.6 Å². The van der Waals surface area contributed by atoms with Crippen LogP contribution in [0.2, 0.25) is 0 Å². The van der Waals surface area contributed by atoms with Gasteiger partial charge in [0.2, 0.25) is 21.8 Å². The number of rotatable bonds is 9. The summed E-state index contributed by atoms with van der Waals surface area (Å²) < 4.78 is 46.4. The molecule has 9 heteroatoms. The fourth-order valence-electron chi connectivity index (χ4n) is 3.78. The first-order valence-corrected chi connectivity index (χ1v) is 12.6. The van der Waals surface area contributed by atoms with E-state index in [2.05, 4.69) is 15.0 Å². The van der Waals surface area contributed by atoms with Gasteiger partial charge in [-0.2, -0.15) is 0 Å². The molecule has 1 heterocycles. The van der Waals surface area contributed by atoms with E-state index in [-0.39, 0.29) is 30.3 Å². The van der Waals surface area contributed by atoms with Gasteiger partial charge >= 0.3 is 0 Å². The Labute approximate surface area is 198 Å². The summed E-state index contributed by atoms with van der Waals surface area (Å²) in [4.78, 5) is 16.5. The second kappa shape index (κ2) is 10.8. The van der Waals surface area contributed by atoms with Crippen molar-refractivity contribution in [2.75, 3.05) is 6.54 Å². The van der Waals surface area contributed by atoms with Crippen LogP contribution in [-0.2, 0) is 34.2 Å². The molecule has 4 rings (SSSR count). The van der Waals surface area contributed by atoms with E-state index in [1.807, 2.05) is 6.07 Å². The van der Waals surface area contributed by atoms with Crippen molar-refractivity contribution in [3.8, 4) is 11.6 Å². The Hall–Kier alpha value is -3.30. The van der Waals surface area contributed by atoms with Gasteiger partial charge < -0.3 is 10.1 Å². The van der Waals surface area contributed by atoms with Crippen LogP contribution in [0.15, 0.2) is 65.7 Å². The summed E-state index contributed by atoms with van der Waals surface area (Å²) in [6.45, 7) is 0.244. The van der Waals surface area contributed by atoms with Crippen LogP contribution in [0.5, 0.6) is 11.6 Å². The number of nitrogens with one attached hydrogen (secondary N) is 2. The number of halogens is 1. The Kier molecular flexibility index (Phi) is 7.54. The van der Waals surface area contributed by atoms with Gasteiger partial charge in [-0.3, -0.25) is 4.79 Å². The molecule has 34 heavy (non-hydrogen) atoms. The summed E-state index contributed by atoms with van der Waals surface area (Å²) in [6, 6.07) is 14.4. The highest BCUT2D eigenvalue weighted by atomic mass is 32.2. The highest BCUT2D eigenvalue weighted by molar-refractivity contribution is 7.89. The first-order chi connectivity index (χ1) is 16.4. The van der Waals surface area contributed by atoms with Gasteiger partial charge in [-0.15, -0.1) is 0 Å². The summed E-state index contributed by atoms with van der Waals surface area (Å²) in [5.74, 6) is -0.0429. The molecular formula is C25H26FN3O4S. The molecule has 0 saturated carbocycles. The van der Waals surface area contributed by atoms with E-state index in [0.717, 1.165) is 36.8 Å². The molecule has 0 atom stereocenters. The number of pyridine rings is 1. The molecule has 178 valence electrons. The first-order valence-electron chi connectivity index (χ1n) is 11.2. The van der Waals surface area contributed by atoms with Crippen molar-refractivity contribution in [3.05, 3.63) is 83.3 Å². The number of amides is 1. The van der Waals surface area contributed by atoms with Gasteiger partial charge in [0.15, 0.2) is 0 Å². The van der Waals surface area contributed by atoms with Crippen molar-refractivity contribution in [2.24, 2.45) is 0 Å². The number of benzene rings is 2. The maximum Gasteiger partial charge on any atom is 0.240 e. The van der Waals surface area contributed by atoms with Crippen LogP contribution in [0.4, 0.5) is 4.39 Å². The van der Waals surface area contributed by atoms with Gasteiger partial charge in [0.05, 0.1) is 4.90 Å². The standard InChI is InChI=1S/C25H26FN3O4S/c26-21-6-3-7-22(15-21)33-25-11-8-18(17-28-25)16-27-24(30)12-13-29-34(31,32)23-10-9-19-4-1-2-5-20(19)14-23/h3,6-11,14-15,17,29H,1-2,4-5,12-13,16H2,(H,27,30). The van der Waals surface area contributed by atoms with E-state index in [4.69, 9.17) is 4.74 Å². The quantitative estimate of drug-likeness (QED) is 0.482. The minimum atomic E-state index is -3.67. The monoisotopic (exact) mass is 483 g/mol. The second-order valence-electron chi connectivity index (χ2n) is 8.13. The number of fused-ring (bicyclic) bond motifs is 1. The average molecular weight is 484 g/mol. The number of aryl methyl sites for hydroxylation is 2. The average Bonchev–Trinajstić information content (AvgIpc) is 2.83. The van der Waals surface area contributed by atoms with Crippen molar-refractivity contribution in [1.29, 1.82) is 0 Å². The van der Waals surface area contributed by atoms with Gasteiger partial charge in [0.25, 0.3) is 0 Å². The zero-order valence-corrected chi connectivity index (χ0v) is 19.4. The topological polar surface area (TPSA) is 97.4 Å². The largest absolute Gasteiger partial charge is 0.439 e. The van der Waals surface area contributed by atoms with Crippen LogP contribution in [0.3, 0.4) is 0 Å². The molecule has 0 radical (unpaired) electrons. The number of carbonyl (C=O) groups is 1. The summed E-state index contributed by atoms with van der Waals surface area (Å²) in [7, 11) is -3.67. The fraction of sp³-hybridized carbons (Fsp3) is 0.280. The third kappa shape index (κ3) is 6.39. The van der Waals surface area contributed by atoms with Crippen LogP contribution in [0, 0.1) is 5.82 Å². The van der Waals surface area contributed by atoms with Crippen LogP contribution in [-0.4, -0.2) is 25.9 Å². The SMILES string of the molecule is O=C(CCNS(=O)(=O)c1ccc2c(c1)CCCC2)NCc1ccc(Oc2cccc(F)c2)nc1. The van der Waals surface area contributed by atoms with E-state index in [1.165, 1.54) is 17.7 Å². The summed E-state index contributed by atoms with van der Waals surface area (Å²) in [5, 5.41) is 2.74. The predicted octanol–water partition coefficient (Wildman–Crippen LogP) is 3.88. The maximum absolute atomic E-state index is 13.2. The van der Waals surface area contributed by atoms with E-state index in [9.17, 15) is 17.6 Å². The molecule has 0 aliphatic heterocycles. The Balaban J connectivity index is 1.22. The number of ether oxygens (including phenoxy) is 1. The lowest BCUT2D eigenvalue weighted by Gasteiger charge is -2.16. The van der Waals surface area contributed by atoms with Crippen LogP contribution in [0.25, 0.3) is 0 Å². The minimum absolute atomic E-state index is 0.00388. The maximum atomic E-state index is 13.2. The van der Waals surface area contributed by atoms with E-state index < -0.39 is 15.8 Å². The summed E-state index contributed by atoms with van der Waals surface area (Å²) in [6.07, 6.45) is 5.65. The van der Waals surface area contributed by atoms with Gasteiger partial charge in [-0.25, -0.2) is 22.5 Å². The molecule has 1 aliphatic carbocycles. The highest BCUT2D eigenvalue weighted by Crippen LogP contribution is 2.24. The lowest BCUT2D eigenvalue weighted by Crippen LogP contribution is -2.30. The highest BCUT2D eigenvalue weighted by Gasteiger charge is 2.17. The third-order valence-corrected chi connectivity index (χ3v) is 7.04. The van der Waals surface area contributed by atoms with Crippen LogP contribution >= 0.6 is 0 Å². The molecule has 1 amide bonds. The lowest BCUT2D eigenvalue weighted by molar-refractivity contribution is -0.121. The normalized spacial score (nSPS) is 13.2. The molecule has 0 spiro atoms. The fourth-order valence-corrected chi connectivity index (χ4v) is 4.86. The van der Waals surface area contributed by atoms with Crippen molar-refractivity contribution < 1.29 is 22.3 Å². The molecule has 0 unspecified atom stereocenters. The Morgan fingerprint density at radius 1 is 1.03 bits per heavy atom. The molecule has 1 aromatic heterocycles. The van der Waals surface area contributed by atoms with Crippen molar-refractivity contribution in [2.45, 2.75) is 43.5 Å². The molecule has 0 saturated heterocycles. The number of carbonyl (C=O) groups excluding carboxylic acids is 1. The van der Waals surface area contributed by atoms with E-state index in [1.54, 1.807) is 42.6 Å². The number of sulfonamides is 1. The van der Waals surface area contributed by atoms with E-state index in [0.29, 0.717) is 11.6 Å². The van der Waals surface area contributed by atoms with Gasteiger partial charge in [-0.1, -0.05) is 18.2 Å². The molecule has 2 aromatic carbocycles. The van der Waals surface area contributed by atoms with Crippen molar-refractivity contribution in [1.82, 2.24) is 15.0 Å². The lowest BCUT2D eigenvalue weighted by atomic mass is 9.92. The second-order valence-corrected chi connectivity index (χ2v) is 9.89. The molecule has 0 bridgehead atoms. The molecule has 7 nitrogen and oxygen atoms in total. The first kappa shape index (κ1) is 23.8. The number of hydrogen-bond donors (Lipinski definition) is 2. The number of aromatic nitrogens is 1. The third-order valence-electron chi connectivity index (χ3n) is 5.58. The zero-order valence-electron chi connectivity index (χ0n) is 18.6. The molecule has 1 aliphatic rings. The van der Waals surface area contributed by atoms with Gasteiger partial charge in [-0.05, 0) is 66.6 Å². The van der Waals surface area contributed by atoms with Crippen molar-refractivity contribution >= 4 is 15.9 Å².